The van der Waals surface area contributed by atoms with Crippen LogP contribution in [-0.2, 0) is 4.79 Å². The molecule has 0 aliphatic rings. The van der Waals surface area contributed by atoms with Crippen molar-refractivity contribution >= 4 is 11.9 Å². The van der Waals surface area contributed by atoms with Gasteiger partial charge in [0.15, 0.2) is 17.3 Å². The van der Waals surface area contributed by atoms with Gasteiger partial charge >= 0.3 is 0 Å². The van der Waals surface area contributed by atoms with Gasteiger partial charge in [-0.3, -0.25) is 4.79 Å². The van der Waals surface area contributed by atoms with Gasteiger partial charge in [0.2, 0.25) is 0 Å². The molecule has 0 spiro atoms. The smallest absolute Gasteiger partial charge is 0.178 e. The lowest BCUT2D eigenvalue weighted by Crippen LogP contribution is -1.85. The molecule has 98 valence electrons. The first-order valence-corrected chi connectivity index (χ1v) is 5.89. The Morgan fingerprint density at radius 2 is 1.94 bits per heavy atom. The molecule has 1 N–H and O–H groups in total. The van der Waals surface area contributed by atoms with Crippen LogP contribution in [0.3, 0.4) is 0 Å². The Kier molecular flexibility index (Phi) is 8.03. The predicted molar refractivity (Wildman–Crippen MR) is 74.9 cm³/mol. The maximum absolute atomic E-state index is 11.2. The van der Waals surface area contributed by atoms with Crippen molar-refractivity contribution in [2.24, 2.45) is 0 Å². The molecular formula is C15H20O3. The van der Waals surface area contributed by atoms with E-state index in [1.54, 1.807) is 31.2 Å². The molecule has 0 aliphatic heterocycles. The molecule has 0 atom stereocenters. The molecule has 0 saturated carbocycles. The quantitative estimate of drug-likeness (QED) is 0.828. The summed E-state index contributed by atoms with van der Waals surface area (Å²) in [5.41, 5.74) is 0.746. The van der Waals surface area contributed by atoms with Gasteiger partial charge in [-0.15, -0.1) is 0 Å². The van der Waals surface area contributed by atoms with Crippen LogP contribution < -0.4 is 4.74 Å². The van der Waals surface area contributed by atoms with Crippen molar-refractivity contribution in [1.29, 1.82) is 0 Å². The van der Waals surface area contributed by atoms with Crippen LogP contribution in [0.4, 0.5) is 0 Å². The first-order chi connectivity index (χ1) is 8.67. The molecule has 0 unspecified atom stereocenters. The lowest BCUT2D eigenvalue weighted by atomic mass is 10.1. The molecule has 1 aromatic carbocycles. The van der Waals surface area contributed by atoms with Crippen LogP contribution in [0.15, 0.2) is 36.4 Å². The molecule has 0 aliphatic carbocycles. The third-order valence-electron chi connectivity index (χ3n) is 1.97. The number of carbonyl (C=O) groups excluding carboxylic acids is 1. The number of carbonyl (C=O) groups is 1. The molecule has 1 aromatic rings. The Hall–Kier alpha value is -2.03. The third kappa shape index (κ3) is 5.34. The number of phenols is 1. The Bertz CT molecular complexity index is 431. The Morgan fingerprint density at radius 3 is 2.44 bits per heavy atom. The summed E-state index contributed by atoms with van der Waals surface area (Å²) in [5, 5.41) is 9.50. The first-order valence-electron chi connectivity index (χ1n) is 5.89. The number of methoxy groups -OCH3 is 1. The van der Waals surface area contributed by atoms with E-state index >= 15 is 0 Å². The molecule has 0 radical (unpaired) electrons. The number of aromatic hydroxyl groups is 1. The third-order valence-corrected chi connectivity index (χ3v) is 1.97. The molecule has 3 heteroatoms. The van der Waals surface area contributed by atoms with E-state index < -0.39 is 0 Å². The maximum Gasteiger partial charge on any atom is 0.178 e. The zero-order chi connectivity index (χ0) is 14.0. The van der Waals surface area contributed by atoms with E-state index in [1.165, 1.54) is 25.3 Å². The first kappa shape index (κ1) is 16.0. The van der Waals surface area contributed by atoms with Gasteiger partial charge in [0.1, 0.15) is 0 Å². The van der Waals surface area contributed by atoms with E-state index in [4.69, 9.17) is 4.74 Å². The molecule has 3 nitrogen and oxygen atoms in total. The second-order valence-electron chi connectivity index (χ2n) is 3.17. The number of rotatable bonds is 4. The standard InChI is InChI=1S/C13H14O3.C2H6/c1-3-4-11(14)7-5-10-6-8-13(16-2)12(15)9-10;1-2/h3-9,15H,1-2H3;1-2H3/b4-3+,7-5+;. The topological polar surface area (TPSA) is 46.5 Å². The highest BCUT2D eigenvalue weighted by Crippen LogP contribution is 2.26. The number of benzene rings is 1. The Balaban J connectivity index is 0.00000137. The summed E-state index contributed by atoms with van der Waals surface area (Å²) >= 11 is 0. The van der Waals surface area contributed by atoms with E-state index in [0.29, 0.717) is 5.75 Å². The SMILES string of the molecule is C/C=C/C(=O)/C=C/c1ccc(OC)c(O)c1.CC. The number of hydrogen-bond acceptors (Lipinski definition) is 3. The average molecular weight is 248 g/mol. The van der Waals surface area contributed by atoms with Crippen molar-refractivity contribution in [3.8, 4) is 11.5 Å². The fourth-order valence-electron chi connectivity index (χ4n) is 1.21. The van der Waals surface area contributed by atoms with Crippen LogP contribution in [0.1, 0.15) is 26.3 Å². The Labute approximate surface area is 108 Å². The lowest BCUT2D eigenvalue weighted by molar-refractivity contribution is -0.110. The van der Waals surface area contributed by atoms with E-state index in [9.17, 15) is 9.90 Å². The van der Waals surface area contributed by atoms with Crippen LogP contribution in [-0.4, -0.2) is 18.0 Å². The second-order valence-corrected chi connectivity index (χ2v) is 3.17. The molecule has 0 aromatic heterocycles. The zero-order valence-electron chi connectivity index (χ0n) is 11.3. The fraction of sp³-hybridized carbons (Fsp3) is 0.267. The summed E-state index contributed by atoms with van der Waals surface area (Å²) in [7, 11) is 1.49. The van der Waals surface area contributed by atoms with Gasteiger partial charge in [-0.25, -0.2) is 0 Å². The highest BCUT2D eigenvalue weighted by Gasteiger charge is 2.00. The van der Waals surface area contributed by atoms with Gasteiger partial charge in [0.25, 0.3) is 0 Å². The molecule has 0 heterocycles. The highest BCUT2D eigenvalue weighted by atomic mass is 16.5. The van der Waals surface area contributed by atoms with Crippen LogP contribution in [0.2, 0.25) is 0 Å². The zero-order valence-corrected chi connectivity index (χ0v) is 11.3. The van der Waals surface area contributed by atoms with Crippen LogP contribution in [0.25, 0.3) is 6.08 Å². The summed E-state index contributed by atoms with van der Waals surface area (Å²) in [6.07, 6.45) is 6.24. The van der Waals surface area contributed by atoms with Gasteiger partial charge in [0.05, 0.1) is 7.11 Å². The van der Waals surface area contributed by atoms with E-state index in [-0.39, 0.29) is 11.5 Å². The number of ether oxygens (including phenoxy) is 1. The van der Waals surface area contributed by atoms with Crippen molar-refractivity contribution in [2.75, 3.05) is 7.11 Å². The minimum absolute atomic E-state index is 0.0585. The van der Waals surface area contributed by atoms with Crippen LogP contribution in [0.5, 0.6) is 11.5 Å². The van der Waals surface area contributed by atoms with Crippen LogP contribution >= 0.6 is 0 Å². The largest absolute Gasteiger partial charge is 0.504 e. The van der Waals surface area contributed by atoms with E-state index in [1.807, 2.05) is 13.8 Å². The van der Waals surface area contributed by atoms with Gasteiger partial charge in [-0.05, 0) is 36.8 Å². The second kappa shape index (κ2) is 9.05. The average Bonchev–Trinajstić information content (AvgIpc) is 2.39. The fourth-order valence-corrected chi connectivity index (χ4v) is 1.21. The normalized spacial score (nSPS) is 10.2. The van der Waals surface area contributed by atoms with Gasteiger partial charge in [-0.2, -0.15) is 0 Å². The summed E-state index contributed by atoms with van der Waals surface area (Å²) in [6, 6.07) is 4.95. The minimum Gasteiger partial charge on any atom is -0.504 e. The number of allylic oxidation sites excluding steroid dienone is 3. The summed E-state index contributed by atoms with van der Waals surface area (Å²) in [6.45, 7) is 5.78. The molecule has 0 fully saturated rings. The molecule has 0 amide bonds. The van der Waals surface area contributed by atoms with Crippen molar-refractivity contribution in [3.05, 3.63) is 42.0 Å². The molecule has 18 heavy (non-hydrogen) atoms. The predicted octanol–water partition coefficient (Wildman–Crippen LogP) is 3.59. The Morgan fingerprint density at radius 1 is 1.28 bits per heavy atom. The minimum atomic E-state index is -0.0854. The van der Waals surface area contributed by atoms with Gasteiger partial charge < -0.3 is 9.84 Å². The van der Waals surface area contributed by atoms with Crippen LogP contribution in [0, 0.1) is 0 Å². The van der Waals surface area contributed by atoms with Crippen molar-refractivity contribution in [3.63, 3.8) is 0 Å². The van der Waals surface area contributed by atoms with Crippen molar-refractivity contribution in [2.45, 2.75) is 20.8 Å². The van der Waals surface area contributed by atoms with Crippen molar-refractivity contribution < 1.29 is 14.6 Å². The molecule has 0 saturated heterocycles. The lowest BCUT2D eigenvalue weighted by Gasteiger charge is -2.02. The summed E-state index contributed by atoms with van der Waals surface area (Å²) in [4.78, 5) is 11.2. The van der Waals surface area contributed by atoms with Gasteiger partial charge in [-0.1, -0.05) is 32.1 Å². The summed E-state index contributed by atoms with van der Waals surface area (Å²) in [5.74, 6) is 0.387. The van der Waals surface area contributed by atoms with Crippen molar-refractivity contribution in [1.82, 2.24) is 0 Å². The monoisotopic (exact) mass is 248 g/mol. The summed E-state index contributed by atoms with van der Waals surface area (Å²) < 4.78 is 4.91. The maximum atomic E-state index is 11.2. The molecule has 1 rings (SSSR count). The van der Waals surface area contributed by atoms with E-state index in [2.05, 4.69) is 0 Å². The van der Waals surface area contributed by atoms with E-state index in [0.717, 1.165) is 5.56 Å². The number of phenolic OH excluding ortho intramolecular Hbond substituents is 1. The number of ketones is 1. The highest BCUT2D eigenvalue weighted by molar-refractivity contribution is 6.01. The molecule has 0 bridgehead atoms. The number of hydrogen-bond donors (Lipinski definition) is 1. The molecular weight excluding hydrogens is 228 g/mol. The van der Waals surface area contributed by atoms with Gasteiger partial charge in [0, 0.05) is 0 Å².